The Morgan fingerprint density at radius 3 is 2.88 bits per heavy atom. The topological polar surface area (TPSA) is 81.2 Å². The molecule has 4 rings (SSSR count). The minimum atomic E-state index is -0.106. The van der Waals surface area contributed by atoms with Crippen LogP contribution in [0, 0.1) is 5.92 Å². The van der Waals surface area contributed by atoms with E-state index < -0.39 is 0 Å². The molecular formula is C17H15N3O3S2. The maximum Gasteiger partial charge on any atom is 0.229 e. The van der Waals surface area contributed by atoms with Crippen LogP contribution in [0.2, 0.25) is 0 Å². The van der Waals surface area contributed by atoms with Gasteiger partial charge in [-0.25, -0.2) is 9.97 Å². The van der Waals surface area contributed by atoms with Crippen LogP contribution in [0.4, 0.5) is 5.13 Å². The normalized spacial score (nSPS) is 19.4. The number of amides is 1. The fourth-order valence-corrected chi connectivity index (χ4v) is 4.16. The van der Waals surface area contributed by atoms with E-state index >= 15 is 0 Å². The van der Waals surface area contributed by atoms with Crippen molar-refractivity contribution in [2.24, 2.45) is 5.92 Å². The van der Waals surface area contributed by atoms with Crippen LogP contribution >= 0.6 is 22.7 Å². The molecule has 1 fully saturated rings. The molecule has 1 aliphatic carbocycles. The summed E-state index contributed by atoms with van der Waals surface area (Å²) in [5.74, 6) is 0.499. The van der Waals surface area contributed by atoms with Gasteiger partial charge in [0.2, 0.25) is 5.91 Å². The fourth-order valence-electron chi connectivity index (χ4n) is 2.71. The summed E-state index contributed by atoms with van der Waals surface area (Å²) in [6.45, 7) is 1.46. The molecule has 1 N–H and O–H groups in total. The summed E-state index contributed by atoms with van der Waals surface area (Å²) >= 11 is 2.84. The highest BCUT2D eigenvalue weighted by molar-refractivity contribution is 7.16. The van der Waals surface area contributed by atoms with Crippen molar-refractivity contribution in [3.63, 3.8) is 0 Å². The molecule has 1 amide bonds. The fraction of sp³-hybridized carbons (Fsp3) is 0.294. The van der Waals surface area contributed by atoms with Crippen LogP contribution in [0.5, 0.6) is 5.75 Å². The van der Waals surface area contributed by atoms with Gasteiger partial charge in [-0.2, -0.15) is 0 Å². The molecule has 8 heteroatoms. The molecule has 3 aromatic rings. The number of ether oxygens (including phenoxy) is 1. The van der Waals surface area contributed by atoms with E-state index in [1.165, 1.54) is 18.3 Å². The van der Waals surface area contributed by atoms with Gasteiger partial charge in [0.15, 0.2) is 10.9 Å². The van der Waals surface area contributed by atoms with Gasteiger partial charge in [-0.3, -0.25) is 9.59 Å². The van der Waals surface area contributed by atoms with Crippen molar-refractivity contribution in [2.45, 2.75) is 25.9 Å². The predicted molar refractivity (Wildman–Crippen MR) is 97.5 cm³/mol. The maximum atomic E-state index is 12.2. The van der Waals surface area contributed by atoms with E-state index in [2.05, 4.69) is 15.3 Å². The van der Waals surface area contributed by atoms with Crippen molar-refractivity contribution in [2.75, 3.05) is 5.32 Å². The summed E-state index contributed by atoms with van der Waals surface area (Å²) in [6, 6.07) is 5.88. The number of carbonyl (C=O) groups excluding carboxylic acids is 2. The molecule has 0 atom stereocenters. The van der Waals surface area contributed by atoms with E-state index in [1.54, 1.807) is 22.2 Å². The number of hydrogen-bond donors (Lipinski definition) is 1. The summed E-state index contributed by atoms with van der Waals surface area (Å²) < 4.78 is 7.09. The summed E-state index contributed by atoms with van der Waals surface area (Å²) in [6.07, 6.45) is 1.35. The van der Waals surface area contributed by atoms with Crippen LogP contribution in [0.15, 0.2) is 29.1 Å². The van der Waals surface area contributed by atoms with Crippen molar-refractivity contribution < 1.29 is 14.3 Å². The molecule has 128 valence electrons. The first kappa shape index (κ1) is 16.2. The first-order valence-corrected chi connectivity index (χ1v) is 9.62. The quantitative estimate of drug-likeness (QED) is 0.689. The number of para-hydroxylation sites is 1. The van der Waals surface area contributed by atoms with Crippen molar-refractivity contribution in [1.29, 1.82) is 0 Å². The lowest BCUT2D eigenvalue weighted by atomic mass is 9.81. The van der Waals surface area contributed by atoms with Crippen LogP contribution < -0.4 is 10.1 Å². The van der Waals surface area contributed by atoms with E-state index in [-0.39, 0.29) is 23.7 Å². The van der Waals surface area contributed by atoms with E-state index in [4.69, 9.17) is 4.74 Å². The zero-order chi connectivity index (χ0) is 17.4. The number of ketones is 1. The average Bonchev–Trinajstić information content (AvgIpc) is 3.19. The molecule has 0 bridgehead atoms. The monoisotopic (exact) mass is 373 g/mol. The Kier molecular flexibility index (Phi) is 4.22. The standard InChI is InChI=1S/C17H15N3O3S2/c1-9(21)12-7-24-17(19-12)20-16(22)10-5-11(6-10)23-13-3-2-4-14-15(13)18-8-25-14/h2-4,7-8,10-11H,5-6H2,1H3,(H,19,20,22)/t10-,11-. The smallest absolute Gasteiger partial charge is 0.229 e. The molecule has 2 heterocycles. The second-order valence-electron chi connectivity index (χ2n) is 5.95. The lowest BCUT2D eigenvalue weighted by Gasteiger charge is -2.34. The summed E-state index contributed by atoms with van der Waals surface area (Å²) in [4.78, 5) is 31.9. The van der Waals surface area contributed by atoms with Gasteiger partial charge in [-0.15, -0.1) is 22.7 Å². The van der Waals surface area contributed by atoms with Crippen LogP contribution in [0.1, 0.15) is 30.3 Å². The molecule has 0 unspecified atom stereocenters. The highest BCUT2D eigenvalue weighted by Gasteiger charge is 2.36. The van der Waals surface area contributed by atoms with Crippen molar-refractivity contribution >= 4 is 49.7 Å². The lowest BCUT2D eigenvalue weighted by Crippen LogP contribution is -2.40. The van der Waals surface area contributed by atoms with Crippen LogP contribution in [0.3, 0.4) is 0 Å². The minimum Gasteiger partial charge on any atom is -0.488 e. The molecule has 1 aliphatic rings. The minimum absolute atomic E-state index is 0.0205. The van der Waals surface area contributed by atoms with Gasteiger partial charge in [-0.05, 0) is 25.0 Å². The summed E-state index contributed by atoms with van der Waals surface area (Å²) in [7, 11) is 0. The molecule has 0 spiro atoms. The number of nitrogens with one attached hydrogen (secondary N) is 1. The van der Waals surface area contributed by atoms with Gasteiger partial charge in [-0.1, -0.05) is 6.07 Å². The van der Waals surface area contributed by atoms with Gasteiger partial charge in [0, 0.05) is 18.2 Å². The first-order chi connectivity index (χ1) is 12.1. The number of Topliss-reactive ketones (excluding diaryl/α,β-unsaturated/α-hetero) is 1. The number of nitrogens with zero attached hydrogens (tertiary/aromatic N) is 2. The summed E-state index contributed by atoms with van der Waals surface area (Å²) in [5.41, 5.74) is 3.06. The Balaban J connectivity index is 1.33. The molecule has 25 heavy (non-hydrogen) atoms. The Morgan fingerprint density at radius 2 is 2.12 bits per heavy atom. The highest BCUT2D eigenvalue weighted by Crippen LogP contribution is 2.35. The zero-order valence-electron chi connectivity index (χ0n) is 13.4. The number of aromatic nitrogens is 2. The second kappa shape index (κ2) is 6.53. The predicted octanol–water partition coefficient (Wildman–Crippen LogP) is 3.75. The highest BCUT2D eigenvalue weighted by atomic mass is 32.1. The number of carbonyl (C=O) groups is 2. The molecule has 1 saturated carbocycles. The van der Waals surface area contributed by atoms with Crippen LogP contribution in [-0.2, 0) is 4.79 Å². The van der Waals surface area contributed by atoms with Crippen molar-refractivity contribution in [3.05, 3.63) is 34.8 Å². The number of benzene rings is 1. The number of fused-ring (bicyclic) bond motifs is 1. The zero-order valence-corrected chi connectivity index (χ0v) is 15.0. The van der Waals surface area contributed by atoms with Crippen molar-refractivity contribution in [1.82, 2.24) is 9.97 Å². The third-order valence-corrected chi connectivity index (χ3v) is 5.73. The number of thiazole rings is 2. The number of hydrogen-bond acceptors (Lipinski definition) is 7. The third kappa shape index (κ3) is 3.27. The Morgan fingerprint density at radius 1 is 1.28 bits per heavy atom. The molecule has 1 aromatic carbocycles. The van der Waals surface area contributed by atoms with Gasteiger partial charge < -0.3 is 10.1 Å². The van der Waals surface area contributed by atoms with Crippen LogP contribution in [-0.4, -0.2) is 27.8 Å². The van der Waals surface area contributed by atoms with E-state index in [0.717, 1.165) is 16.0 Å². The SMILES string of the molecule is CC(=O)c1csc(NC(=O)[C@H]2C[C@H](Oc3cccc4scnc34)C2)n1. The van der Waals surface area contributed by atoms with E-state index in [0.29, 0.717) is 23.7 Å². The largest absolute Gasteiger partial charge is 0.488 e. The second-order valence-corrected chi connectivity index (χ2v) is 7.69. The Labute approximate surface area is 151 Å². The summed E-state index contributed by atoms with van der Waals surface area (Å²) in [5, 5.41) is 4.90. The number of anilines is 1. The maximum absolute atomic E-state index is 12.2. The van der Waals surface area contributed by atoms with Gasteiger partial charge in [0.1, 0.15) is 23.1 Å². The molecule has 6 nitrogen and oxygen atoms in total. The molecule has 0 aliphatic heterocycles. The molecule has 2 aromatic heterocycles. The van der Waals surface area contributed by atoms with Crippen molar-refractivity contribution in [3.8, 4) is 5.75 Å². The van der Waals surface area contributed by atoms with E-state index in [1.807, 2.05) is 18.2 Å². The third-order valence-electron chi connectivity index (χ3n) is 4.18. The van der Waals surface area contributed by atoms with Gasteiger partial charge in [0.05, 0.1) is 10.2 Å². The van der Waals surface area contributed by atoms with E-state index in [9.17, 15) is 9.59 Å². The first-order valence-electron chi connectivity index (χ1n) is 7.86. The molecule has 0 radical (unpaired) electrons. The van der Waals surface area contributed by atoms with Gasteiger partial charge >= 0.3 is 0 Å². The Hall–Kier alpha value is -2.32. The molecule has 0 saturated heterocycles. The van der Waals surface area contributed by atoms with Gasteiger partial charge in [0.25, 0.3) is 0 Å². The average molecular weight is 373 g/mol. The lowest BCUT2D eigenvalue weighted by molar-refractivity contribution is -0.125. The Bertz CT molecular complexity index is 943. The molecular weight excluding hydrogens is 358 g/mol. The van der Waals surface area contributed by atoms with Crippen LogP contribution in [0.25, 0.3) is 10.2 Å². The number of rotatable bonds is 5.